The fraction of sp³-hybridized carbons (Fsp3) is 0.100. The molecule has 0 radical (unpaired) electrons. The quantitative estimate of drug-likeness (QED) is 0.586. The molecule has 0 aliphatic heterocycles. The summed E-state index contributed by atoms with van der Waals surface area (Å²) in [6, 6.07) is 7.24. The molecule has 15 heavy (non-hydrogen) atoms. The summed E-state index contributed by atoms with van der Waals surface area (Å²) in [7, 11) is 0. The number of rotatable bonds is 0. The van der Waals surface area contributed by atoms with E-state index in [1.54, 1.807) is 19.1 Å². The third-order valence-corrected chi connectivity index (χ3v) is 2.30. The summed E-state index contributed by atoms with van der Waals surface area (Å²) in [4.78, 5) is 20.4. The number of aromatic amines is 1. The highest BCUT2D eigenvalue weighted by molar-refractivity contribution is 5.78. The Morgan fingerprint density at radius 2 is 2.07 bits per heavy atom. The number of H-pyrrole nitrogens is 1. The molecule has 5 heteroatoms. The van der Waals surface area contributed by atoms with Gasteiger partial charge in [0.1, 0.15) is 5.82 Å². The third-order valence-electron chi connectivity index (χ3n) is 2.30. The van der Waals surface area contributed by atoms with E-state index < -0.39 is 0 Å². The fourth-order valence-electron chi connectivity index (χ4n) is 1.63. The SMILES string of the molecule is Cc1nc2nc3ccccc3c(=O)n2[nH]1. The predicted molar refractivity (Wildman–Crippen MR) is 55.9 cm³/mol. The van der Waals surface area contributed by atoms with Crippen LogP contribution >= 0.6 is 0 Å². The molecular formula is C10H8N4O. The van der Waals surface area contributed by atoms with E-state index in [4.69, 9.17) is 0 Å². The molecule has 3 aromatic rings. The maximum absolute atomic E-state index is 12.0. The molecule has 2 aromatic heterocycles. The van der Waals surface area contributed by atoms with Crippen LogP contribution in [0.15, 0.2) is 29.1 Å². The standard InChI is InChI=1S/C10H8N4O/c1-6-11-10-12-8-5-3-2-4-7(8)9(15)14(10)13-6/h2-5H,1H3,(H,11,12,13). The molecule has 0 spiro atoms. The summed E-state index contributed by atoms with van der Waals surface area (Å²) in [6.07, 6.45) is 0. The molecule has 1 N–H and O–H groups in total. The molecule has 0 aliphatic rings. The number of para-hydroxylation sites is 1. The summed E-state index contributed by atoms with van der Waals surface area (Å²) in [5, 5.41) is 3.45. The van der Waals surface area contributed by atoms with Gasteiger partial charge in [0.25, 0.3) is 11.3 Å². The predicted octanol–water partition coefficient (Wildman–Crippen LogP) is 0.879. The summed E-state index contributed by atoms with van der Waals surface area (Å²) in [6.45, 7) is 1.79. The van der Waals surface area contributed by atoms with E-state index in [0.29, 0.717) is 22.5 Å². The van der Waals surface area contributed by atoms with Crippen LogP contribution in [0.4, 0.5) is 0 Å². The minimum atomic E-state index is -0.115. The van der Waals surface area contributed by atoms with Gasteiger partial charge in [0.2, 0.25) is 0 Å². The second-order valence-corrected chi connectivity index (χ2v) is 3.38. The van der Waals surface area contributed by atoms with Crippen molar-refractivity contribution in [2.24, 2.45) is 0 Å². The molecule has 2 heterocycles. The Kier molecular flexibility index (Phi) is 1.45. The molecule has 0 saturated carbocycles. The van der Waals surface area contributed by atoms with E-state index in [2.05, 4.69) is 15.1 Å². The van der Waals surface area contributed by atoms with Crippen LogP contribution in [0, 0.1) is 6.92 Å². The molecule has 1 aromatic carbocycles. The van der Waals surface area contributed by atoms with Crippen LogP contribution in [-0.4, -0.2) is 19.6 Å². The fourth-order valence-corrected chi connectivity index (χ4v) is 1.63. The molecule has 5 nitrogen and oxygen atoms in total. The molecule has 0 atom stereocenters. The molecule has 74 valence electrons. The molecule has 0 amide bonds. The first-order valence-corrected chi connectivity index (χ1v) is 4.60. The molecule has 0 aliphatic carbocycles. The summed E-state index contributed by atoms with van der Waals surface area (Å²) >= 11 is 0. The zero-order valence-corrected chi connectivity index (χ0v) is 8.06. The van der Waals surface area contributed by atoms with Gasteiger partial charge in [0, 0.05) is 0 Å². The molecular weight excluding hydrogens is 192 g/mol. The zero-order valence-electron chi connectivity index (χ0n) is 8.06. The Morgan fingerprint density at radius 1 is 1.27 bits per heavy atom. The van der Waals surface area contributed by atoms with Crippen molar-refractivity contribution in [3.8, 4) is 0 Å². The van der Waals surface area contributed by atoms with Crippen molar-refractivity contribution in [2.45, 2.75) is 6.92 Å². The first-order chi connectivity index (χ1) is 7.25. The van der Waals surface area contributed by atoms with Gasteiger partial charge in [-0.3, -0.25) is 9.89 Å². The number of nitrogens with one attached hydrogen (secondary N) is 1. The van der Waals surface area contributed by atoms with E-state index in [1.165, 1.54) is 4.52 Å². The number of hydrogen-bond acceptors (Lipinski definition) is 3. The number of benzene rings is 1. The van der Waals surface area contributed by atoms with Gasteiger partial charge in [-0.2, -0.15) is 9.50 Å². The summed E-state index contributed by atoms with van der Waals surface area (Å²) in [5.41, 5.74) is 0.560. The van der Waals surface area contributed by atoms with Crippen LogP contribution in [0.3, 0.4) is 0 Å². The van der Waals surface area contributed by atoms with Crippen molar-refractivity contribution in [1.82, 2.24) is 19.6 Å². The van der Waals surface area contributed by atoms with Gasteiger partial charge < -0.3 is 0 Å². The minimum Gasteiger partial charge on any atom is -0.275 e. The van der Waals surface area contributed by atoms with E-state index in [0.717, 1.165) is 0 Å². The third kappa shape index (κ3) is 1.06. The zero-order chi connectivity index (χ0) is 10.4. The van der Waals surface area contributed by atoms with Gasteiger partial charge in [-0.1, -0.05) is 12.1 Å². The van der Waals surface area contributed by atoms with Crippen molar-refractivity contribution in [2.75, 3.05) is 0 Å². The number of aromatic nitrogens is 4. The maximum atomic E-state index is 12.0. The van der Waals surface area contributed by atoms with Gasteiger partial charge >= 0.3 is 0 Å². The number of fused-ring (bicyclic) bond motifs is 2. The van der Waals surface area contributed by atoms with E-state index in [9.17, 15) is 4.79 Å². The Morgan fingerprint density at radius 3 is 2.93 bits per heavy atom. The molecule has 0 fully saturated rings. The van der Waals surface area contributed by atoms with E-state index in [1.807, 2.05) is 12.1 Å². The van der Waals surface area contributed by atoms with Crippen LogP contribution in [0.2, 0.25) is 0 Å². The van der Waals surface area contributed by atoms with Crippen molar-refractivity contribution >= 4 is 16.7 Å². The Hall–Kier alpha value is -2.17. The van der Waals surface area contributed by atoms with E-state index in [-0.39, 0.29) is 5.56 Å². The van der Waals surface area contributed by atoms with Gasteiger partial charge in [-0.15, -0.1) is 0 Å². The van der Waals surface area contributed by atoms with Crippen molar-refractivity contribution in [1.29, 1.82) is 0 Å². The first kappa shape index (κ1) is 8.16. The monoisotopic (exact) mass is 200 g/mol. The maximum Gasteiger partial charge on any atom is 0.281 e. The van der Waals surface area contributed by atoms with Crippen LogP contribution < -0.4 is 5.56 Å². The van der Waals surface area contributed by atoms with Crippen molar-refractivity contribution in [3.63, 3.8) is 0 Å². The highest BCUT2D eigenvalue weighted by Crippen LogP contribution is 2.06. The van der Waals surface area contributed by atoms with Gasteiger partial charge in [0.15, 0.2) is 0 Å². The number of nitrogens with zero attached hydrogens (tertiary/aromatic N) is 3. The normalized spacial score (nSPS) is 11.3. The summed E-state index contributed by atoms with van der Waals surface area (Å²) in [5.74, 6) is 1.09. The lowest BCUT2D eigenvalue weighted by atomic mass is 10.2. The van der Waals surface area contributed by atoms with Crippen LogP contribution in [0.1, 0.15) is 5.82 Å². The highest BCUT2D eigenvalue weighted by Gasteiger charge is 2.06. The first-order valence-electron chi connectivity index (χ1n) is 4.60. The number of aryl methyl sites for hydroxylation is 1. The van der Waals surface area contributed by atoms with Crippen molar-refractivity contribution in [3.05, 3.63) is 40.4 Å². The Bertz CT molecular complexity index is 710. The second kappa shape index (κ2) is 2.66. The molecule has 0 unspecified atom stereocenters. The van der Waals surface area contributed by atoms with Crippen LogP contribution in [-0.2, 0) is 0 Å². The largest absolute Gasteiger partial charge is 0.281 e. The topological polar surface area (TPSA) is 63.1 Å². The van der Waals surface area contributed by atoms with Crippen molar-refractivity contribution < 1.29 is 0 Å². The number of hydrogen-bond donors (Lipinski definition) is 1. The highest BCUT2D eigenvalue weighted by atomic mass is 16.1. The van der Waals surface area contributed by atoms with Crippen LogP contribution in [0.5, 0.6) is 0 Å². The minimum absolute atomic E-state index is 0.115. The molecule has 0 saturated heterocycles. The Labute approximate surface area is 84.4 Å². The van der Waals surface area contributed by atoms with Gasteiger partial charge in [-0.25, -0.2) is 4.98 Å². The lowest BCUT2D eigenvalue weighted by molar-refractivity contribution is 0.894. The molecule has 0 bridgehead atoms. The van der Waals surface area contributed by atoms with E-state index >= 15 is 0 Å². The van der Waals surface area contributed by atoms with Crippen LogP contribution in [0.25, 0.3) is 16.7 Å². The smallest absolute Gasteiger partial charge is 0.275 e. The Balaban J connectivity index is 2.65. The lowest BCUT2D eigenvalue weighted by Crippen LogP contribution is -2.15. The second-order valence-electron chi connectivity index (χ2n) is 3.38. The average Bonchev–Trinajstić information content (AvgIpc) is 2.59. The molecule has 3 rings (SSSR count). The van der Waals surface area contributed by atoms with Gasteiger partial charge in [0.05, 0.1) is 10.9 Å². The average molecular weight is 200 g/mol. The summed E-state index contributed by atoms with van der Waals surface area (Å²) < 4.78 is 1.36. The lowest BCUT2D eigenvalue weighted by Gasteiger charge is -1.95. The van der Waals surface area contributed by atoms with Gasteiger partial charge in [-0.05, 0) is 19.1 Å².